The molecule has 33 heavy (non-hydrogen) atoms. The van der Waals surface area contributed by atoms with Crippen LogP contribution in [-0.2, 0) is 27.5 Å². The largest absolute Gasteiger partial charge is 0.339 e. The molecule has 2 aliphatic heterocycles. The molecule has 10 nitrogen and oxygen atoms in total. The Morgan fingerprint density at radius 3 is 2.67 bits per heavy atom. The molecule has 1 amide bonds. The lowest BCUT2D eigenvalue weighted by atomic mass is 10.2. The average molecular weight is 472 g/mol. The number of imidazole rings is 1. The number of aryl methyl sites for hydroxylation is 1. The highest BCUT2D eigenvalue weighted by atomic mass is 32.2. The summed E-state index contributed by atoms with van der Waals surface area (Å²) in [7, 11) is -3.03. The van der Waals surface area contributed by atoms with E-state index in [0.29, 0.717) is 24.4 Å². The molecule has 4 aliphatic rings. The van der Waals surface area contributed by atoms with Gasteiger partial charge in [-0.25, -0.2) is 18.4 Å². The summed E-state index contributed by atoms with van der Waals surface area (Å²) in [6, 6.07) is -0.344. The number of hydrogen-bond acceptors (Lipinski definition) is 8. The SMILES string of the molecule is O=C([C@@H]1CCCN1c1nc2c(c(Nc3ncc(C4CC4)[nH]3)n1)CCC2)N1CCS(=O)(=O)CC1. The first kappa shape index (κ1) is 20.9. The van der Waals surface area contributed by atoms with Crippen LogP contribution in [0.5, 0.6) is 0 Å². The molecule has 2 aromatic rings. The van der Waals surface area contributed by atoms with E-state index in [4.69, 9.17) is 9.97 Å². The maximum atomic E-state index is 13.3. The van der Waals surface area contributed by atoms with Gasteiger partial charge in [0.15, 0.2) is 9.84 Å². The Bertz CT molecular complexity index is 1180. The third kappa shape index (κ3) is 4.07. The van der Waals surface area contributed by atoms with Crippen LogP contribution >= 0.6 is 0 Å². The van der Waals surface area contributed by atoms with Crippen LogP contribution in [0.2, 0.25) is 0 Å². The van der Waals surface area contributed by atoms with Crippen molar-refractivity contribution in [1.82, 2.24) is 24.8 Å². The number of carbonyl (C=O) groups is 1. The number of amides is 1. The molecule has 4 heterocycles. The van der Waals surface area contributed by atoms with Crippen molar-refractivity contribution >= 4 is 33.5 Å². The second-order valence-corrected chi connectivity index (χ2v) is 11.9. The number of anilines is 3. The Balaban J connectivity index is 1.25. The first-order valence-corrected chi connectivity index (χ1v) is 13.8. The van der Waals surface area contributed by atoms with Crippen molar-refractivity contribution in [3.8, 4) is 0 Å². The number of carbonyl (C=O) groups excluding carboxylic acids is 1. The van der Waals surface area contributed by atoms with Crippen molar-refractivity contribution in [3.05, 3.63) is 23.1 Å². The first-order chi connectivity index (χ1) is 16.0. The van der Waals surface area contributed by atoms with Crippen LogP contribution in [0.4, 0.5) is 17.7 Å². The van der Waals surface area contributed by atoms with Gasteiger partial charge in [-0.05, 0) is 44.9 Å². The highest BCUT2D eigenvalue weighted by Gasteiger charge is 2.38. The van der Waals surface area contributed by atoms with Gasteiger partial charge >= 0.3 is 0 Å². The van der Waals surface area contributed by atoms with Gasteiger partial charge in [0, 0.05) is 36.8 Å². The summed E-state index contributed by atoms with van der Waals surface area (Å²) in [4.78, 5) is 34.6. The van der Waals surface area contributed by atoms with E-state index in [1.807, 2.05) is 11.1 Å². The zero-order valence-corrected chi connectivity index (χ0v) is 19.4. The maximum absolute atomic E-state index is 13.3. The molecule has 0 spiro atoms. The number of sulfone groups is 1. The zero-order valence-electron chi connectivity index (χ0n) is 18.6. The third-order valence-corrected chi connectivity index (χ3v) is 8.83. The molecule has 1 saturated carbocycles. The lowest BCUT2D eigenvalue weighted by Gasteiger charge is -2.32. The van der Waals surface area contributed by atoms with E-state index >= 15 is 0 Å². The molecule has 2 aliphatic carbocycles. The monoisotopic (exact) mass is 471 g/mol. The average Bonchev–Trinajstić information content (AvgIpc) is 3.19. The number of aromatic amines is 1. The van der Waals surface area contributed by atoms with E-state index in [2.05, 4.69) is 15.3 Å². The number of aromatic nitrogens is 4. The lowest BCUT2D eigenvalue weighted by Crippen LogP contribution is -2.51. The Labute approximate surface area is 193 Å². The molecule has 0 unspecified atom stereocenters. The van der Waals surface area contributed by atoms with Crippen molar-refractivity contribution in [2.75, 3.05) is 41.4 Å². The van der Waals surface area contributed by atoms with Crippen LogP contribution in [-0.4, -0.2) is 76.3 Å². The summed E-state index contributed by atoms with van der Waals surface area (Å²) >= 11 is 0. The fraction of sp³-hybridized carbons (Fsp3) is 0.636. The highest BCUT2D eigenvalue weighted by molar-refractivity contribution is 7.91. The molecule has 3 fully saturated rings. The molecule has 0 bridgehead atoms. The molecule has 176 valence electrons. The van der Waals surface area contributed by atoms with Gasteiger partial charge in [-0.15, -0.1) is 0 Å². The summed E-state index contributed by atoms with van der Waals surface area (Å²) in [5, 5.41) is 3.38. The van der Waals surface area contributed by atoms with Gasteiger partial charge in [0.25, 0.3) is 0 Å². The summed E-state index contributed by atoms with van der Waals surface area (Å²) in [5.74, 6) is 2.71. The van der Waals surface area contributed by atoms with Crippen molar-refractivity contribution in [3.63, 3.8) is 0 Å². The third-order valence-electron chi connectivity index (χ3n) is 7.22. The number of nitrogens with one attached hydrogen (secondary N) is 2. The number of rotatable bonds is 5. The Morgan fingerprint density at radius 1 is 1.06 bits per heavy atom. The molecule has 0 radical (unpaired) electrons. The van der Waals surface area contributed by atoms with E-state index < -0.39 is 9.84 Å². The lowest BCUT2D eigenvalue weighted by molar-refractivity contribution is -0.132. The summed E-state index contributed by atoms with van der Waals surface area (Å²) in [6.45, 7) is 1.25. The van der Waals surface area contributed by atoms with Gasteiger partial charge in [-0.3, -0.25) is 4.79 Å². The van der Waals surface area contributed by atoms with Crippen LogP contribution in [0, 0.1) is 0 Å². The number of H-pyrrole nitrogens is 1. The molecule has 11 heteroatoms. The minimum atomic E-state index is -3.03. The Kier molecular flexibility index (Phi) is 5.04. The van der Waals surface area contributed by atoms with Gasteiger partial charge in [-0.1, -0.05) is 0 Å². The molecule has 2 aromatic heterocycles. The van der Waals surface area contributed by atoms with E-state index in [1.54, 1.807) is 4.90 Å². The summed E-state index contributed by atoms with van der Waals surface area (Å²) < 4.78 is 23.6. The van der Waals surface area contributed by atoms with Gasteiger partial charge in [0.1, 0.15) is 11.9 Å². The fourth-order valence-electron chi connectivity index (χ4n) is 5.17. The summed E-state index contributed by atoms with van der Waals surface area (Å²) in [6.07, 6.45) is 8.81. The first-order valence-electron chi connectivity index (χ1n) is 11.9. The van der Waals surface area contributed by atoms with Crippen molar-refractivity contribution in [2.45, 2.75) is 56.9 Å². The maximum Gasteiger partial charge on any atom is 0.245 e. The molecular weight excluding hydrogens is 442 g/mol. The normalized spacial score (nSPS) is 24.2. The minimum absolute atomic E-state index is 0.0129. The van der Waals surface area contributed by atoms with E-state index in [1.165, 1.54) is 12.8 Å². The zero-order chi connectivity index (χ0) is 22.6. The standard InChI is InChI=1S/C22H29N7O3S/c30-20(28-9-11-33(31,32)12-10-28)18-5-2-8-29(18)22-25-16-4-1-3-15(16)19(27-22)26-21-23-13-17(24-21)14-6-7-14/h13-14,18H,1-12H2,(H2,23,24,25,26,27)/t18-/m0/s1. The predicted molar refractivity (Wildman–Crippen MR) is 124 cm³/mol. The van der Waals surface area contributed by atoms with Crippen LogP contribution in [0.15, 0.2) is 6.20 Å². The topological polar surface area (TPSA) is 124 Å². The second-order valence-electron chi connectivity index (χ2n) is 9.57. The molecule has 1 atom stereocenters. The number of fused-ring (bicyclic) bond motifs is 1. The van der Waals surface area contributed by atoms with E-state index in [-0.39, 0.29) is 36.5 Å². The van der Waals surface area contributed by atoms with E-state index in [9.17, 15) is 13.2 Å². The second kappa shape index (κ2) is 7.96. The van der Waals surface area contributed by atoms with Crippen LogP contribution < -0.4 is 10.2 Å². The molecule has 2 saturated heterocycles. The van der Waals surface area contributed by atoms with Crippen LogP contribution in [0.3, 0.4) is 0 Å². The van der Waals surface area contributed by atoms with Gasteiger partial charge in [-0.2, -0.15) is 4.98 Å². The smallest absolute Gasteiger partial charge is 0.245 e. The number of nitrogens with zero attached hydrogens (tertiary/aromatic N) is 5. The molecular formula is C22H29N7O3S. The van der Waals surface area contributed by atoms with Gasteiger partial charge in [0.2, 0.25) is 17.8 Å². The Morgan fingerprint density at radius 2 is 1.88 bits per heavy atom. The minimum Gasteiger partial charge on any atom is -0.339 e. The van der Waals surface area contributed by atoms with Crippen molar-refractivity contribution in [1.29, 1.82) is 0 Å². The van der Waals surface area contributed by atoms with Crippen molar-refractivity contribution < 1.29 is 13.2 Å². The molecule has 0 aromatic carbocycles. The fourth-order valence-corrected chi connectivity index (χ4v) is 6.37. The van der Waals surface area contributed by atoms with E-state index in [0.717, 1.165) is 54.9 Å². The van der Waals surface area contributed by atoms with Gasteiger partial charge < -0.3 is 20.1 Å². The van der Waals surface area contributed by atoms with Crippen LogP contribution in [0.25, 0.3) is 0 Å². The van der Waals surface area contributed by atoms with Gasteiger partial charge in [0.05, 0.1) is 23.4 Å². The molecule has 6 rings (SSSR count). The summed E-state index contributed by atoms with van der Waals surface area (Å²) in [5.41, 5.74) is 3.34. The van der Waals surface area contributed by atoms with Crippen molar-refractivity contribution in [2.24, 2.45) is 0 Å². The van der Waals surface area contributed by atoms with Crippen LogP contribution in [0.1, 0.15) is 55.0 Å². The number of hydrogen-bond donors (Lipinski definition) is 2. The predicted octanol–water partition coefficient (Wildman–Crippen LogP) is 1.54. The highest BCUT2D eigenvalue weighted by Crippen LogP contribution is 2.39. The molecule has 2 N–H and O–H groups in total. The quantitative estimate of drug-likeness (QED) is 0.673. The Hall–Kier alpha value is -2.69.